The first kappa shape index (κ1) is 59.2. The zero-order chi connectivity index (χ0) is 53.4. The van der Waals surface area contributed by atoms with E-state index in [0.29, 0.717) is 110 Å². The summed E-state index contributed by atoms with van der Waals surface area (Å²) in [4.78, 5) is 88.5. The molecule has 0 saturated carbocycles. The molecule has 12 nitrogen and oxygen atoms in total. The van der Waals surface area contributed by atoms with Crippen LogP contribution in [0.3, 0.4) is 0 Å². The fraction of sp³-hybridized carbons (Fsp3) is 0.379. The first-order valence-corrected chi connectivity index (χ1v) is 32.3. The lowest BCUT2D eigenvalue weighted by Crippen LogP contribution is -2.28. The van der Waals surface area contributed by atoms with E-state index in [1.807, 2.05) is 0 Å². The fourth-order valence-corrected chi connectivity index (χ4v) is 17.1. The van der Waals surface area contributed by atoms with Crippen LogP contribution < -0.4 is 0 Å². The summed E-state index contributed by atoms with van der Waals surface area (Å²) in [5, 5.41) is -6.07. The third-order valence-electron chi connectivity index (χ3n) is 15.4. The minimum absolute atomic E-state index is 0.175. The Morgan fingerprint density at radius 3 is 0.581 bits per heavy atom. The average Bonchev–Trinajstić information content (AvgIpc) is 3.38. The molecule has 0 saturated heterocycles. The summed E-state index contributed by atoms with van der Waals surface area (Å²) < 4.78 is 54.3. The molecular weight excluding hydrogens is 1010 g/mol. The maximum absolute atomic E-state index is 13.7. The van der Waals surface area contributed by atoms with E-state index >= 15 is 0 Å². The number of unbranched alkanes of at least 4 members (excludes halogenated alkanes) is 9. The highest BCUT2D eigenvalue weighted by Crippen LogP contribution is 2.66. The average molecular weight is 1090 g/mol. The fourth-order valence-electron chi connectivity index (χ4n) is 11.5. The smallest absolute Gasteiger partial charge is 0.324 e. The molecule has 398 valence electrons. The van der Waals surface area contributed by atoms with Gasteiger partial charge in [-0.3, -0.25) is 18.3 Å². The van der Waals surface area contributed by atoms with Gasteiger partial charge in [-0.25, -0.2) is 0 Å². The molecule has 6 rings (SSSR count). The van der Waals surface area contributed by atoms with Gasteiger partial charge in [0, 0.05) is 0 Å². The molecule has 74 heavy (non-hydrogen) atoms. The maximum atomic E-state index is 13.7. The molecule has 0 aromatic heterocycles. The van der Waals surface area contributed by atoms with Crippen molar-refractivity contribution >= 4 is 30.4 Å². The van der Waals surface area contributed by atoms with Crippen LogP contribution >= 0.6 is 30.4 Å². The predicted octanol–water partition coefficient (Wildman–Crippen LogP) is 14.4. The first-order valence-electron chi connectivity index (χ1n) is 25.8. The summed E-state index contributed by atoms with van der Waals surface area (Å²) in [7, 11) is -19.0. The van der Waals surface area contributed by atoms with Gasteiger partial charge in [0.25, 0.3) is 0 Å². The standard InChI is InChI=1S/C58H74O12P4/c59-71(60,61)55(49-31-13-7-14-32-49,45-27-3-5-29-47-57(73(65,66)67,51-35-17-9-18-36-51)52-37-19-10-20-38-52)43-25-1-2-26-44-56(72(62,63)64,50-33-15-8-16-34-50)46-28-4-6-30-48-58(74(68,69)70,53-39-21-11-22-40-53)54-41-23-12-24-42-54/h7-24,31-42H,1-6,25-30,43-48H2,(H2,59,60,61)(H2,62,63,64)(H2,65,66,67)(H2,68,69,70). The summed E-state index contributed by atoms with van der Waals surface area (Å²) in [6.07, 6.45) is 7.31. The van der Waals surface area contributed by atoms with Gasteiger partial charge in [0.05, 0.1) is 10.3 Å². The summed E-state index contributed by atoms with van der Waals surface area (Å²) in [6, 6.07) is 53.0. The number of hydrogen-bond acceptors (Lipinski definition) is 4. The Labute approximate surface area is 437 Å². The molecule has 0 heterocycles. The second-order valence-corrected chi connectivity index (χ2v) is 27.5. The molecule has 0 fully saturated rings. The highest BCUT2D eigenvalue weighted by Gasteiger charge is 2.52. The lowest BCUT2D eigenvalue weighted by atomic mass is 9.84. The van der Waals surface area contributed by atoms with Gasteiger partial charge in [0.2, 0.25) is 0 Å². The molecular formula is C58H74O12P4. The van der Waals surface area contributed by atoms with Crippen molar-refractivity contribution in [2.45, 2.75) is 136 Å². The van der Waals surface area contributed by atoms with E-state index in [1.165, 1.54) is 0 Å². The lowest BCUT2D eigenvalue weighted by molar-refractivity contribution is 0.290. The summed E-state index contributed by atoms with van der Waals surface area (Å²) in [6.45, 7) is 0. The van der Waals surface area contributed by atoms with Crippen LogP contribution in [0.1, 0.15) is 149 Å². The Morgan fingerprint density at radius 1 is 0.230 bits per heavy atom. The van der Waals surface area contributed by atoms with Gasteiger partial charge >= 0.3 is 30.4 Å². The van der Waals surface area contributed by atoms with Gasteiger partial charge in [-0.15, -0.1) is 0 Å². The molecule has 2 unspecified atom stereocenters. The predicted molar refractivity (Wildman–Crippen MR) is 295 cm³/mol. The molecule has 0 aliphatic carbocycles. The molecule has 0 aliphatic heterocycles. The van der Waals surface area contributed by atoms with Crippen molar-refractivity contribution in [1.29, 1.82) is 0 Å². The van der Waals surface area contributed by atoms with Crippen molar-refractivity contribution in [1.82, 2.24) is 0 Å². The second kappa shape index (κ2) is 26.3. The monoisotopic (exact) mass is 1090 g/mol. The molecule has 0 radical (unpaired) electrons. The van der Waals surface area contributed by atoms with Gasteiger partial charge in [-0.1, -0.05) is 259 Å². The number of hydrogen-bond donors (Lipinski definition) is 8. The van der Waals surface area contributed by atoms with Gasteiger partial charge in [-0.05, 0) is 71.9 Å². The Kier molecular flexibility index (Phi) is 21.0. The van der Waals surface area contributed by atoms with Crippen LogP contribution in [0.4, 0.5) is 0 Å². The normalized spacial score (nSPS) is 14.5. The molecule has 2 atom stereocenters. The summed E-state index contributed by atoms with van der Waals surface area (Å²) in [5.74, 6) is 0. The third-order valence-corrected chi connectivity index (χ3v) is 22.5. The minimum atomic E-state index is -4.77. The van der Waals surface area contributed by atoms with Crippen LogP contribution in [0.5, 0.6) is 0 Å². The van der Waals surface area contributed by atoms with Crippen molar-refractivity contribution in [2.24, 2.45) is 0 Å². The van der Waals surface area contributed by atoms with Crippen molar-refractivity contribution in [3.8, 4) is 0 Å². The van der Waals surface area contributed by atoms with E-state index in [1.54, 1.807) is 182 Å². The first-order chi connectivity index (χ1) is 35.3. The van der Waals surface area contributed by atoms with Crippen LogP contribution in [-0.2, 0) is 38.9 Å². The molecule has 0 amide bonds. The second-order valence-electron chi connectivity index (χ2n) is 19.9. The van der Waals surface area contributed by atoms with E-state index in [-0.39, 0.29) is 38.5 Å². The van der Waals surface area contributed by atoms with Gasteiger partial charge in [-0.2, -0.15) is 0 Å². The van der Waals surface area contributed by atoms with Crippen LogP contribution in [0.15, 0.2) is 182 Å². The summed E-state index contributed by atoms with van der Waals surface area (Å²) in [5.41, 5.74) is 3.18. The van der Waals surface area contributed by atoms with Gasteiger partial charge < -0.3 is 39.1 Å². The van der Waals surface area contributed by atoms with E-state index < -0.39 is 51.0 Å². The van der Waals surface area contributed by atoms with E-state index in [2.05, 4.69) is 0 Å². The molecule has 16 heteroatoms. The highest BCUT2D eigenvalue weighted by molar-refractivity contribution is 7.54. The van der Waals surface area contributed by atoms with Crippen LogP contribution in [0, 0.1) is 0 Å². The zero-order valence-corrected chi connectivity index (χ0v) is 45.6. The summed E-state index contributed by atoms with van der Waals surface area (Å²) >= 11 is 0. The molecule has 0 bridgehead atoms. The maximum Gasteiger partial charge on any atom is 0.340 e. The van der Waals surface area contributed by atoms with Crippen LogP contribution in [0.25, 0.3) is 0 Å². The van der Waals surface area contributed by atoms with Gasteiger partial charge in [0.15, 0.2) is 0 Å². The van der Waals surface area contributed by atoms with Crippen LogP contribution in [-0.4, -0.2) is 39.1 Å². The largest absolute Gasteiger partial charge is 0.340 e. The van der Waals surface area contributed by atoms with E-state index in [0.717, 1.165) is 0 Å². The van der Waals surface area contributed by atoms with Crippen molar-refractivity contribution in [2.75, 3.05) is 0 Å². The van der Waals surface area contributed by atoms with E-state index in [4.69, 9.17) is 0 Å². The molecule has 0 spiro atoms. The van der Waals surface area contributed by atoms with Crippen molar-refractivity contribution in [3.05, 3.63) is 215 Å². The third kappa shape index (κ3) is 13.7. The molecule has 0 aliphatic rings. The lowest BCUT2D eigenvalue weighted by Gasteiger charge is -2.36. The SMILES string of the molecule is O=P(O)(O)C(CCCCCCC(CCCCCCC(c1ccccc1)(c1ccccc1)P(=O)(O)O)(c1ccccc1)P(=O)(O)O)(CCCCCCC(c1ccccc1)(c1ccccc1)P(=O)(O)O)c1ccccc1. The van der Waals surface area contributed by atoms with Crippen molar-refractivity contribution in [3.63, 3.8) is 0 Å². The highest BCUT2D eigenvalue weighted by atomic mass is 31.2. The molecule has 8 N–H and O–H groups in total. The quantitative estimate of drug-likeness (QED) is 0.0150. The molecule has 6 aromatic carbocycles. The Bertz CT molecular complexity index is 2530. The van der Waals surface area contributed by atoms with Crippen molar-refractivity contribution < 1.29 is 57.4 Å². The number of rotatable bonds is 31. The Balaban J connectivity index is 1.09. The van der Waals surface area contributed by atoms with E-state index in [9.17, 15) is 57.4 Å². The zero-order valence-electron chi connectivity index (χ0n) is 42.0. The Hall–Kier alpha value is -4.08. The minimum Gasteiger partial charge on any atom is -0.324 e. The topological polar surface area (TPSA) is 230 Å². The van der Waals surface area contributed by atoms with Crippen LogP contribution in [0.2, 0.25) is 0 Å². The Morgan fingerprint density at radius 2 is 0.405 bits per heavy atom. The molecule has 6 aromatic rings. The number of benzene rings is 6. The van der Waals surface area contributed by atoms with Gasteiger partial charge in [0.1, 0.15) is 10.3 Å².